The average Bonchev–Trinajstić information content (AvgIpc) is 2.33. The van der Waals surface area contributed by atoms with Crippen molar-refractivity contribution < 1.29 is 0 Å². The van der Waals surface area contributed by atoms with Crippen molar-refractivity contribution in [2.24, 2.45) is 0 Å². The Morgan fingerprint density at radius 3 is 2.60 bits per heavy atom. The van der Waals surface area contributed by atoms with E-state index in [9.17, 15) is 0 Å². The van der Waals surface area contributed by atoms with Crippen LogP contribution in [0.2, 0.25) is 0 Å². The van der Waals surface area contributed by atoms with Crippen LogP contribution in [0.1, 0.15) is 0 Å². The molecule has 0 aliphatic heterocycles. The first kappa shape index (κ1) is 7.63. The summed E-state index contributed by atoms with van der Waals surface area (Å²) in [5.74, 6) is 0. The van der Waals surface area contributed by atoms with Gasteiger partial charge in [-0.05, 0) is 17.5 Å². The summed E-state index contributed by atoms with van der Waals surface area (Å²) in [4.78, 5) is 3.12. The summed E-state index contributed by atoms with van der Waals surface area (Å²) in [6.07, 6.45) is 1.95. The van der Waals surface area contributed by atoms with E-state index in [1.807, 2.05) is 18.3 Å². The van der Waals surface area contributed by atoms with Crippen molar-refractivity contribution >= 4 is 34.0 Å². The Bertz CT molecular complexity index is 283. The second-order valence-corrected chi connectivity index (χ2v) is 2.06. The number of nitrogens with one attached hydrogen (secondary N) is 1. The van der Waals surface area contributed by atoms with Crippen molar-refractivity contribution in [3.8, 4) is 0 Å². The molecule has 2 rings (SSSR count). The van der Waals surface area contributed by atoms with Crippen molar-refractivity contribution in [3.63, 3.8) is 0 Å². The smallest absolute Gasteiger partial charge is 0.361 e. The number of aromatic nitrogens is 1. The third kappa shape index (κ3) is 1.17. The van der Waals surface area contributed by atoms with Crippen LogP contribution in [0.25, 0.3) is 10.9 Å². The molecule has 0 amide bonds. The molecule has 10 heavy (non-hydrogen) atoms. The first-order chi connectivity index (χ1) is 4.47. The van der Waals surface area contributed by atoms with Crippen LogP contribution < -0.4 is 0 Å². The Morgan fingerprint density at radius 1 is 1.00 bits per heavy atom. The maximum absolute atomic E-state index is 3.12. The van der Waals surface area contributed by atoms with Crippen LogP contribution in [0.4, 0.5) is 0 Å². The summed E-state index contributed by atoms with van der Waals surface area (Å²) < 4.78 is 0. The van der Waals surface area contributed by atoms with Crippen molar-refractivity contribution in [3.05, 3.63) is 36.5 Å². The van der Waals surface area contributed by atoms with Gasteiger partial charge in [-0.3, -0.25) is 0 Å². The van der Waals surface area contributed by atoms with Gasteiger partial charge in [0.25, 0.3) is 0 Å². The van der Waals surface area contributed by atoms with E-state index in [-0.39, 0.29) is 23.1 Å². The summed E-state index contributed by atoms with van der Waals surface area (Å²) in [6.45, 7) is 0. The van der Waals surface area contributed by atoms with E-state index >= 15 is 0 Å². The van der Waals surface area contributed by atoms with Gasteiger partial charge in [-0.25, -0.2) is 0 Å². The molecule has 0 spiro atoms. The SMILES string of the molecule is [Mg+2].c1ccc2[nH]ccc2c1. The third-order valence-corrected chi connectivity index (χ3v) is 1.46. The minimum Gasteiger partial charge on any atom is -0.361 e. The van der Waals surface area contributed by atoms with Gasteiger partial charge in [0.2, 0.25) is 0 Å². The third-order valence-electron chi connectivity index (χ3n) is 1.46. The van der Waals surface area contributed by atoms with Gasteiger partial charge in [0.1, 0.15) is 0 Å². The van der Waals surface area contributed by atoms with Gasteiger partial charge in [-0.1, -0.05) is 18.2 Å². The zero-order chi connectivity index (χ0) is 6.10. The number of para-hydroxylation sites is 1. The number of aromatic amines is 1. The molecular formula is C8H7MgN+2. The van der Waals surface area contributed by atoms with Gasteiger partial charge in [-0.2, -0.15) is 0 Å². The molecule has 0 saturated carbocycles. The summed E-state index contributed by atoms with van der Waals surface area (Å²) in [6, 6.07) is 10.3. The molecule has 0 fully saturated rings. The van der Waals surface area contributed by atoms with Crippen LogP contribution in [0.3, 0.4) is 0 Å². The molecule has 0 atom stereocenters. The summed E-state index contributed by atoms with van der Waals surface area (Å²) in [7, 11) is 0. The van der Waals surface area contributed by atoms with Crippen molar-refractivity contribution in [2.75, 3.05) is 0 Å². The molecule has 0 saturated heterocycles. The molecular weight excluding hydrogens is 134 g/mol. The minimum absolute atomic E-state index is 0. The molecule has 0 unspecified atom stereocenters. The first-order valence-electron chi connectivity index (χ1n) is 2.99. The van der Waals surface area contributed by atoms with Crippen molar-refractivity contribution in [1.82, 2.24) is 4.98 Å². The number of rotatable bonds is 0. The summed E-state index contributed by atoms with van der Waals surface area (Å²) >= 11 is 0. The Kier molecular flexibility index (Phi) is 2.35. The summed E-state index contributed by atoms with van der Waals surface area (Å²) in [5, 5.41) is 1.28. The van der Waals surface area contributed by atoms with Crippen LogP contribution in [0.15, 0.2) is 36.5 Å². The zero-order valence-electron chi connectivity index (χ0n) is 5.67. The van der Waals surface area contributed by atoms with E-state index < -0.39 is 0 Å². The Balaban J connectivity index is 0.000000500. The molecule has 0 aliphatic rings. The van der Waals surface area contributed by atoms with Gasteiger partial charge >= 0.3 is 23.1 Å². The van der Waals surface area contributed by atoms with Gasteiger partial charge < -0.3 is 4.98 Å². The molecule has 1 N–H and O–H groups in total. The number of hydrogen-bond acceptors (Lipinski definition) is 0. The second kappa shape index (κ2) is 3.08. The topological polar surface area (TPSA) is 15.8 Å². The van der Waals surface area contributed by atoms with Crippen LogP contribution in [0.5, 0.6) is 0 Å². The minimum atomic E-state index is 0. The molecule has 1 nitrogen and oxygen atoms in total. The summed E-state index contributed by atoms with van der Waals surface area (Å²) in [5.41, 5.74) is 1.21. The molecule has 1 aromatic heterocycles. The molecule has 2 heteroatoms. The van der Waals surface area contributed by atoms with Gasteiger partial charge in [0.05, 0.1) is 0 Å². The predicted octanol–water partition coefficient (Wildman–Crippen LogP) is 1.79. The Labute approximate surface area is 75.6 Å². The second-order valence-electron chi connectivity index (χ2n) is 2.06. The molecule has 2 aromatic rings. The predicted molar refractivity (Wildman–Crippen MR) is 44.1 cm³/mol. The molecule has 1 aromatic carbocycles. The molecule has 1 heterocycles. The normalized spacial score (nSPS) is 9.20. The van der Waals surface area contributed by atoms with Gasteiger partial charge in [0.15, 0.2) is 0 Å². The molecule has 0 aliphatic carbocycles. The van der Waals surface area contributed by atoms with Gasteiger partial charge in [-0.15, -0.1) is 0 Å². The number of hydrogen-bond donors (Lipinski definition) is 1. The average molecular weight is 141 g/mol. The van der Waals surface area contributed by atoms with E-state index in [1.165, 1.54) is 10.9 Å². The fraction of sp³-hybridized carbons (Fsp3) is 0. The Hall–Kier alpha value is -0.474. The molecule has 0 bridgehead atoms. The van der Waals surface area contributed by atoms with Gasteiger partial charge in [0, 0.05) is 11.7 Å². The van der Waals surface area contributed by atoms with E-state index in [1.54, 1.807) is 0 Å². The largest absolute Gasteiger partial charge is 2.00 e. The maximum Gasteiger partial charge on any atom is 2.00 e. The van der Waals surface area contributed by atoms with E-state index in [0.29, 0.717) is 0 Å². The van der Waals surface area contributed by atoms with E-state index in [2.05, 4.69) is 23.2 Å². The maximum atomic E-state index is 3.12. The van der Waals surface area contributed by atoms with Crippen molar-refractivity contribution in [1.29, 1.82) is 0 Å². The standard InChI is InChI=1S/C8H7N.Mg/c1-2-4-8-7(3-1)5-6-9-8;/h1-6,9H;/q;+2. The monoisotopic (exact) mass is 141 g/mol. The number of benzene rings is 1. The molecule has 0 radical (unpaired) electrons. The van der Waals surface area contributed by atoms with Crippen LogP contribution in [-0.2, 0) is 0 Å². The number of fused-ring (bicyclic) bond motifs is 1. The zero-order valence-corrected chi connectivity index (χ0v) is 7.09. The van der Waals surface area contributed by atoms with Crippen LogP contribution in [0, 0.1) is 0 Å². The van der Waals surface area contributed by atoms with Crippen LogP contribution >= 0.6 is 0 Å². The molecule has 44 valence electrons. The fourth-order valence-electron chi connectivity index (χ4n) is 0.995. The quantitative estimate of drug-likeness (QED) is 0.539. The number of H-pyrrole nitrogens is 1. The van der Waals surface area contributed by atoms with E-state index in [0.717, 1.165) is 0 Å². The Morgan fingerprint density at radius 2 is 1.80 bits per heavy atom. The fourth-order valence-corrected chi connectivity index (χ4v) is 0.995. The van der Waals surface area contributed by atoms with Crippen LogP contribution in [-0.4, -0.2) is 28.0 Å². The first-order valence-corrected chi connectivity index (χ1v) is 2.99. The van der Waals surface area contributed by atoms with Crippen molar-refractivity contribution in [2.45, 2.75) is 0 Å². The van der Waals surface area contributed by atoms with E-state index in [4.69, 9.17) is 0 Å².